The number of rotatable bonds is 5. The predicted molar refractivity (Wildman–Crippen MR) is 50.1 cm³/mol. The highest BCUT2D eigenvalue weighted by atomic mass is 15.6. The van der Waals surface area contributed by atoms with Crippen molar-refractivity contribution >= 4 is 0 Å². The third kappa shape index (κ3) is 2.93. The molecule has 0 heterocycles. The van der Waals surface area contributed by atoms with Gasteiger partial charge in [0.05, 0.1) is 0 Å². The maximum Gasteiger partial charge on any atom is 0.0284 e. The third-order valence-electron chi connectivity index (χ3n) is 2.23. The lowest BCUT2D eigenvalue weighted by atomic mass is 10.2. The van der Waals surface area contributed by atoms with Crippen LogP contribution in [-0.4, -0.2) is 30.2 Å². The van der Waals surface area contributed by atoms with E-state index >= 15 is 0 Å². The lowest BCUT2D eigenvalue weighted by molar-refractivity contribution is 0.0271. The summed E-state index contributed by atoms with van der Waals surface area (Å²) in [6.07, 6.45) is 4.20. The molecule has 2 nitrogen and oxygen atoms in total. The van der Waals surface area contributed by atoms with Crippen molar-refractivity contribution in [3.63, 3.8) is 0 Å². The molecule has 0 bridgehead atoms. The largest absolute Gasteiger partial charge is 0.317 e. The van der Waals surface area contributed by atoms with Crippen LogP contribution in [0.4, 0.5) is 0 Å². The summed E-state index contributed by atoms with van der Waals surface area (Å²) in [7, 11) is 4.12. The second-order valence-electron chi connectivity index (χ2n) is 2.80. The van der Waals surface area contributed by atoms with Crippen LogP contribution in [0.15, 0.2) is 12.8 Å². The Kier molecular flexibility index (Phi) is 4.95. The maximum absolute atomic E-state index is 3.72. The van der Waals surface area contributed by atoms with Crippen molar-refractivity contribution < 1.29 is 0 Å². The van der Waals surface area contributed by atoms with E-state index in [1.54, 1.807) is 0 Å². The summed E-state index contributed by atoms with van der Waals surface area (Å²) < 4.78 is 0. The first-order valence-corrected chi connectivity index (χ1v) is 4.25. The zero-order chi connectivity index (χ0) is 8.85. The van der Waals surface area contributed by atoms with Crippen molar-refractivity contribution in [2.45, 2.75) is 32.7 Å². The van der Waals surface area contributed by atoms with Crippen LogP contribution in [-0.2, 0) is 0 Å². The van der Waals surface area contributed by atoms with Gasteiger partial charge in [0, 0.05) is 26.3 Å². The molecule has 0 radical (unpaired) electrons. The molecular formula is C9H20N2. The van der Waals surface area contributed by atoms with E-state index in [1.807, 2.05) is 18.3 Å². The molecule has 0 atom stereocenters. The summed E-state index contributed by atoms with van der Waals surface area (Å²) in [5.41, 5.74) is 0. The highest BCUT2D eigenvalue weighted by molar-refractivity contribution is 4.68. The van der Waals surface area contributed by atoms with Gasteiger partial charge in [-0.05, 0) is 12.8 Å². The van der Waals surface area contributed by atoms with Crippen LogP contribution in [0.3, 0.4) is 0 Å². The van der Waals surface area contributed by atoms with E-state index in [2.05, 4.69) is 32.5 Å². The standard InChI is InChI=1S/C9H20N2/c1-6-9(7-2)11(5)10(4)8-3/h8-9H,3,6-7H2,1-2,4-5H3. The fourth-order valence-corrected chi connectivity index (χ4v) is 1.20. The molecule has 0 unspecified atom stereocenters. The topological polar surface area (TPSA) is 6.48 Å². The summed E-state index contributed by atoms with van der Waals surface area (Å²) in [4.78, 5) is 0. The first-order valence-electron chi connectivity index (χ1n) is 4.25. The van der Waals surface area contributed by atoms with Gasteiger partial charge in [0.2, 0.25) is 0 Å². The van der Waals surface area contributed by atoms with Crippen molar-refractivity contribution in [3.05, 3.63) is 12.8 Å². The average Bonchev–Trinajstić information content (AvgIpc) is 2.05. The molecule has 0 amide bonds. The Hall–Kier alpha value is -0.500. The molecule has 11 heavy (non-hydrogen) atoms. The van der Waals surface area contributed by atoms with Crippen molar-refractivity contribution in [1.29, 1.82) is 0 Å². The molecule has 0 aromatic heterocycles. The number of nitrogens with zero attached hydrogens (tertiary/aromatic N) is 2. The summed E-state index contributed by atoms with van der Waals surface area (Å²) in [5.74, 6) is 0. The Morgan fingerprint density at radius 2 is 1.73 bits per heavy atom. The zero-order valence-electron chi connectivity index (χ0n) is 8.17. The monoisotopic (exact) mass is 156 g/mol. The molecule has 0 N–H and O–H groups in total. The van der Waals surface area contributed by atoms with Crippen LogP contribution >= 0.6 is 0 Å². The Balaban J connectivity index is 3.95. The van der Waals surface area contributed by atoms with Gasteiger partial charge < -0.3 is 5.01 Å². The molecular weight excluding hydrogens is 136 g/mol. The van der Waals surface area contributed by atoms with E-state index in [0.29, 0.717) is 6.04 Å². The van der Waals surface area contributed by atoms with Crippen LogP contribution in [0, 0.1) is 0 Å². The molecule has 0 aromatic rings. The van der Waals surface area contributed by atoms with Gasteiger partial charge in [0.1, 0.15) is 0 Å². The number of hydrazine groups is 1. The van der Waals surface area contributed by atoms with Gasteiger partial charge in [-0.1, -0.05) is 20.4 Å². The molecule has 0 saturated heterocycles. The summed E-state index contributed by atoms with van der Waals surface area (Å²) in [6, 6.07) is 0.637. The van der Waals surface area contributed by atoms with Gasteiger partial charge >= 0.3 is 0 Å². The molecule has 2 heteroatoms. The fraction of sp³-hybridized carbons (Fsp3) is 0.778. The molecule has 0 fully saturated rings. The van der Waals surface area contributed by atoms with Gasteiger partial charge in [-0.15, -0.1) is 0 Å². The van der Waals surface area contributed by atoms with Crippen molar-refractivity contribution in [3.8, 4) is 0 Å². The Bertz CT molecular complexity index is 108. The van der Waals surface area contributed by atoms with Crippen LogP contribution in [0.1, 0.15) is 26.7 Å². The van der Waals surface area contributed by atoms with Crippen LogP contribution < -0.4 is 0 Å². The third-order valence-corrected chi connectivity index (χ3v) is 2.23. The Labute approximate surface area is 70.5 Å². The smallest absolute Gasteiger partial charge is 0.0284 e. The molecule has 66 valence electrons. The minimum atomic E-state index is 0.637. The fourth-order valence-electron chi connectivity index (χ4n) is 1.20. The second-order valence-corrected chi connectivity index (χ2v) is 2.80. The number of hydrogen-bond donors (Lipinski definition) is 0. The molecule has 0 aliphatic heterocycles. The molecule has 0 rings (SSSR count). The lowest BCUT2D eigenvalue weighted by Crippen LogP contribution is -2.40. The van der Waals surface area contributed by atoms with E-state index in [4.69, 9.17) is 0 Å². The maximum atomic E-state index is 3.72. The van der Waals surface area contributed by atoms with Crippen molar-refractivity contribution in [1.82, 2.24) is 10.0 Å². The highest BCUT2D eigenvalue weighted by Gasteiger charge is 2.11. The van der Waals surface area contributed by atoms with E-state index in [1.165, 1.54) is 12.8 Å². The van der Waals surface area contributed by atoms with Gasteiger partial charge in [-0.3, -0.25) is 0 Å². The minimum Gasteiger partial charge on any atom is -0.317 e. The first kappa shape index (κ1) is 10.5. The molecule has 0 aromatic carbocycles. The summed E-state index contributed by atoms with van der Waals surface area (Å²) in [6.45, 7) is 8.14. The van der Waals surface area contributed by atoms with Gasteiger partial charge in [0.25, 0.3) is 0 Å². The van der Waals surface area contributed by atoms with E-state index in [9.17, 15) is 0 Å². The second kappa shape index (κ2) is 5.19. The molecule has 0 aliphatic rings. The molecule has 0 aliphatic carbocycles. The Morgan fingerprint density at radius 1 is 1.27 bits per heavy atom. The normalized spacial score (nSPS) is 10.7. The van der Waals surface area contributed by atoms with E-state index in [-0.39, 0.29) is 0 Å². The van der Waals surface area contributed by atoms with E-state index in [0.717, 1.165) is 0 Å². The zero-order valence-corrected chi connectivity index (χ0v) is 8.17. The first-order chi connectivity index (χ1) is 5.17. The van der Waals surface area contributed by atoms with Gasteiger partial charge in [-0.25, -0.2) is 5.01 Å². The van der Waals surface area contributed by atoms with Crippen molar-refractivity contribution in [2.75, 3.05) is 14.1 Å². The van der Waals surface area contributed by atoms with Crippen molar-refractivity contribution in [2.24, 2.45) is 0 Å². The van der Waals surface area contributed by atoms with Gasteiger partial charge in [-0.2, -0.15) is 0 Å². The lowest BCUT2D eigenvalue weighted by Gasteiger charge is -2.33. The quantitative estimate of drug-likeness (QED) is 0.562. The molecule has 0 saturated carbocycles. The minimum absolute atomic E-state index is 0.637. The predicted octanol–water partition coefficient (Wildman–Crippen LogP) is 2.10. The van der Waals surface area contributed by atoms with Crippen LogP contribution in [0.25, 0.3) is 0 Å². The summed E-state index contributed by atoms with van der Waals surface area (Å²) >= 11 is 0. The average molecular weight is 156 g/mol. The Morgan fingerprint density at radius 3 is 2.00 bits per heavy atom. The highest BCUT2D eigenvalue weighted by Crippen LogP contribution is 2.07. The molecule has 0 spiro atoms. The summed E-state index contributed by atoms with van der Waals surface area (Å²) in [5, 5.41) is 4.24. The van der Waals surface area contributed by atoms with E-state index < -0.39 is 0 Å². The van der Waals surface area contributed by atoms with Crippen LogP contribution in [0.2, 0.25) is 0 Å². The SMILES string of the molecule is C=CN(C)N(C)C(CC)CC. The van der Waals surface area contributed by atoms with Crippen LogP contribution in [0.5, 0.6) is 0 Å². The van der Waals surface area contributed by atoms with Gasteiger partial charge in [0.15, 0.2) is 0 Å². The number of hydrogen-bond acceptors (Lipinski definition) is 2.